The number of aliphatic carboxylic acids is 1. The van der Waals surface area contributed by atoms with Gasteiger partial charge in [0.05, 0.1) is 24.3 Å². The Morgan fingerprint density at radius 1 is 1.00 bits per heavy atom. The van der Waals surface area contributed by atoms with E-state index in [1.165, 1.54) is 36.9 Å². The number of nitrogens with one attached hydrogen (secondary N) is 3. The lowest BCUT2D eigenvalue weighted by molar-refractivity contribution is -0.192. The van der Waals surface area contributed by atoms with Crippen LogP contribution in [0.1, 0.15) is 11.6 Å². The molecule has 13 nitrogen and oxygen atoms in total. The standard InChI is InChI=1S/C20H24N4O7S.C2HF3O2/c1-31-14-7-9-15(10-8-14)32(29,30)12-16(19(26)24-28)23-17(25)11-22-20(27)18(21)13-5-3-2-4-6-13;3-2(4,5)1(6)7/h2-10,16,18,28H,11-12,21H2,1H3,(H,22,27)(H,23,25)(H,24,26);(H,6,7). The highest BCUT2D eigenvalue weighted by atomic mass is 32.2. The number of hydrogen-bond donors (Lipinski definition) is 6. The van der Waals surface area contributed by atoms with Gasteiger partial charge in [0.2, 0.25) is 11.8 Å². The first-order chi connectivity index (χ1) is 18.1. The summed E-state index contributed by atoms with van der Waals surface area (Å²) in [4.78, 5) is 45.1. The molecule has 0 saturated heterocycles. The van der Waals surface area contributed by atoms with Gasteiger partial charge in [-0.1, -0.05) is 30.3 Å². The minimum Gasteiger partial charge on any atom is -0.497 e. The van der Waals surface area contributed by atoms with Gasteiger partial charge in [0.25, 0.3) is 5.91 Å². The number of carbonyl (C=O) groups excluding carboxylic acids is 3. The molecule has 39 heavy (non-hydrogen) atoms. The number of sulfone groups is 1. The van der Waals surface area contributed by atoms with Crippen molar-refractivity contribution < 1.29 is 55.8 Å². The number of halogens is 3. The predicted molar refractivity (Wildman–Crippen MR) is 127 cm³/mol. The Labute approximate surface area is 220 Å². The van der Waals surface area contributed by atoms with E-state index in [4.69, 9.17) is 25.6 Å². The van der Waals surface area contributed by atoms with E-state index in [9.17, 15) is 36.0 Å². The van der Waals surface area contributed by atoms with Crippen molar-refractivity contribution in [3.63, 3.8) is 0 Å². The molecule has 0 aliphatic rings. The minimum atomic E-state index is -5.08. The summed E-state index contributed by atoms with van der Waals surface area (Å²) in [5.41, 5.74) is 7.69. The number of carboxylic acid groups (broad SMARTS) is 1. The van der Waals surface area contributed by atoms with E-state index in [0.29, 0.717) is 11.3 Å². The van der Waals surface area contributed by atoms with Crippen LogP contribution in [-0.4, -0.2) is 74.0 Å². The number of carboxylic acids is 1. The molecule has 2 aromatic rings. The Bertz CT molecular complexity index is 1240. The maximum Gasteiger partial charge on any atom is 0.490 e. The van der Waals surface area contributed by atoms with Crippen molar-refractivity contribution >= 4 is 33.5 Å². The Balaban J connectivity index is 0.000000956. The van der Waals surface area contributed by atoms with Crippen LogP contribution in [-0.2, 0) is 29.0 Å². The molecule has 0 spiro atoms. The third-order valence-electron chi connectivity index (χ3n) is 4.67. The molecule has 0 radical (unpaired) electrons. The van der Waals surface area contributed by atoms with Gasteiger partial charge in [-0.2, -0.15) is 13.2 Å². The van der Waals surface area contributed by atoms with Crippen LogP contribution in [0.25, 0.3) is 0 Å². The number of rotatable bonds is 10. The molecule has 3 amide bonds. The minimum absolute atomic E-state index is 0.106. The van der Waals surface area contributed by atoms with Crippen molar-refractivity contribution in [2.24, 2.45) is 5.73 Å². The van der Waals surface area contributed by atoms with Crippen molar-refractivity contribution in [1.29, 1.82) is 0 Å². The number of amides is 3. The molecule has 2 unspecified atom stereocenters. The number of methoxy groups -OCH3 is 1. The lowest BCUT2D eigenvalue weighted by Gasteiger charge is -2.18. The second-order valence-corrected chi connectivity index (χ2v) is 9.50. The Morgan fingerprint density at radius 3 is 2.00 bits per heavy atom. The number of nitrogens with two attached hydrogens (primary N) is 1. The number of carbonyl (C=O) groups is 4. The lowest BCUT2D eigenvalue weighted by Crippen LogP contribution is -2.52. The SMILES string of the molecule is COc1ccc(S(=O)(=O)CC(NC(=O)CNC(=O)C(N)c2ccccc2)C(=O)NO)cc1.O=C(O)C(F)(F)F. The molecular formula is C22H25F3N4O9S. The normalized spacial score (nSPS) is 12.6. The van der Waals surface area contributed by atoms with Gasteiger partial charge in [-0.05, 0) is 29.8 Å². The molecule has 2 rings (SSSR count). The topological polar surface area (TPSA) is 214 Å². The summed E-state index contributed by atoms with van der Waals surface area (Å²) in [6.45, 7) is -0.558. The second-order valence-electron chi connectivity index (χ2n) is 7.46. The Kier molecular flexibility index (Phi) is 12.3. The van der Waals surface area contributed by atoms with Gasteiger partial charge < -0.3 is 26.2 Å². The summed E-state index contributed by atoms with van der Waals surface area (Å²) in [7, 11) is -2.59. The molecule has 2 aromatic carbocycles. The smallest absolute Gasteiger partial charge is 0.490 e. The van der Waals surface area contributed by atoms with Crippen molar-refractivity contribution in [3.05, 3.63) is 60.2 Å². The van der Waals surface area contributed by atoms with Crippen LogP contribution in [0.15, 0.2) is 59.5 Å². The van der Waals surface area contributed by atoms with E-state index < -0.39 is 64.1 Å². The number of alkyl halides is 3. The zero-order valence-corrected chi connectivity index (χ0v) is 21.0. The second kappa shape index (κ2) is 14.6. The average Bonchev–Trinajstić information content (AvgIpc) is 2.90. The van der Waals surface area contributed by atoms with Crippen molar-refractivity contribution in [2.45, 2.75) is 23.2 Å². The van der Waals surface area contributed by atoms with Crippen LogP contribution in [0.3, 0.4) is 0 Å². The number of ether oxygens (including phenoxy) is 1. The highest BCUT2D eigenvalue weighted by molar-refractivity contribution is 7.91. The van der Waals surface area contributed by atoms with Gasteiger partial charge in [0.1, 0.15) is 17.8 Å². The molecular weight excluding hydrogens is 553 g/mol. The van der Waals surface area contributed by atoms with Gasteiger partial charge >= 0.3 is 12.1 Å². The molecule has 2 atom stereocenters. The van der Waals surface area contributed by atoms with Gasteiger partial charge in [0, 0.05) is 0 Å². The predicted octanol–water partition coefficient (Wildman–Crippen LogP) is -0.0914. The molecule has 214 valence electrons. The van der Waals surface area contributed by atoms with E-state index in [-0.39, 0.29) is 4.90 Å². The number of hydrogen-bond acceptors (Lipinski definition) is 9. The molecule has 0 aromatic heterocycles. The van der Waals surface area contributed by atoms with Crippen molar-refractivity contribution in [1.82, 2.24) is 16.1 Å². The van der Waals surface area contributed by atoms with Gasteiger partial charge in [-0.15, -0.1) is 0 Å². The molecule has 0 heterocycles. The first kappa shape index (κ1) is 32.8. The van der Waals surface area contributed by atoms with Crippen molar-refractivity contribution in [3.8, 4) is 5.75 Å². The molecule has 0 saturated carbocycles. The van der Waals surface area contributed by atoms with Crippen LogP contribution in [0.5, 0.6) is 5.75 Å². The average molecular weight is 579 g/mol. The maximum absolute atomic E-state index is 12.6. The fourth-order valence-electron chi connectivity index (χ4n) is 2.69. The molecule has 0 bridgehead atoms. The monoisotopic (exact) mass is 578 g/mol. The molecule has 0 aliphatic heterocycles. The van der Waals surface area contributed by atoms with E-state index in [0.717, 1.165) is 0 Å². The van der Waals surface area contributed by atoms with Gasteiger partial charge in [0.15, 0.2) is 9.84 Å². The fourth-order valence-corrected chi connectivity index (χ4v) is 4.11. The van der Waals surface area contributed by atoms with Gasteiger partial charge in [-0.25, -0.2) is 18.7 Å². The van der Waals surface area contributed by atoms with E-state index >= 15 is 0 Å². The van der Waals surface area contributed by atoms with E-state index in [2.05, 4.69) is 10.6 Å². The van der Waals surface area contributed by atoms with Crippen LogP contribution < -0.4 is 26.6 Å². The summed E-state index contributed by atoms with van der Waals surface area (Å²) in [5, 5.41) is 20.5. The zero-order chi connectivity index (χ0) is 29.8. The van der Waals surface area contributed by atoms with Crippen molar-refractivity contribution in [2.75, 3.05) is 19.4 Å². The Morgan fingerprint density at radius 2 is 1.54 bits per heavy atom. The summed E-state index contributed by atoms with van der Waals surface area (Å²) in [6, 6.07) is 11.3. The molecule has 17 heteroatoms. The van der Waals surface area contributed by atoms with Crippen LogP contribution >= 0.6 is 0 Å². The molecule has 0 aliphatic carbocycles. The third kappa shape index (κ3) is 11.0. The highest BCUT2D eigenvalue weighted by Gasteiger charge is 2.38. The zero-order valence-electron chi connectivity index (χ0n) is 20.1. The number of hydroxylamine groups is 1. The Hall–Kier alpha value is -4.22. The van der Waals surface area contributed by atoms with Crippen LogP contribution in [0.4, 0.5) is 13.2 Å². The first-order valence-electron chi connectivity index (χ1n) is 10.6. The third-order valence-corrected chi connectivity index (χ3v) is 6.44. The summed E-state index contributed by atoms with van der Waals surface area (Å²) in [5.74, 6) is -5.77. The first-order valence-corrected chi connectivity index (χ1v) is 12.3. The van der Waals surface area contributed by atoms with E-state index in [1.807, 2.05) is 0 Å². The molecule has 7 N–H and O–H groups in total. The fraction of sp³-hybridized carbons (Fsp3) is 0.273. The molecule has 0 fully saturated rings. The lowest BCUT2D eigenvalue weighted by atomic mass is 10.1. The maximum atomic E-state index is 12.6. The quantitative estimate of drug-likeness (QED) is 0.163. The highest BCUT2D eigenvalue weighted by Crippen LogP contribution is 2.17. The largest absolute Gasteiger partial charge is 0.497 e. The van der Waals surface area contributed by atoms with E-state index in [1.54, 1.807) is 30.3 Å². The van der Waals surface area contributed by atoms with Gasteiger partial charge in [-0.3, -0.25) is 19.6 Å². The number of benzene rings is 2. The summed E-state index contributed by atoms with van der Waals surface area (Å²) >= 11 is 0. The van der Waals surface area contributed by atoms with Crippen LogP contribution in [0, 0.1) is 0 Å². The van der Waals surface area contributed by atoms with Crippen LogP contribution in [0.2, 0.25) is 0 Å². The summed E-state index contributed by atoms with van der Waals surface area (Å²) in [6.07, 6.45) is -5.08. The summed E-state index contributed by atoms with van der Waals surface area (Å²) < 4.78 is 61.9.